The molecule has 1 aromatic heterocycles. The molecule has 0 spiro atoms. The zero-order valence-electron chi connectivity index (χ0n) is 15.3. The third kappa shape index (κ3) is 4.63. The summed E-state index contributed by atoms with van der Waals surface area (Å²) in [5.41, 5.74) is 1.40. The molecule has 1 aliphatic carbocycles. The summed E-state index contributed by atoms with van der Waals surface area (Å²) in [6, 6.07) is 2.15. The van der Waals surface area contributed by atoms with Crippen LogP contribution >= 0.6 is 11.3 Å². The Hall–Kier alpha value is -1.36. The molecule has 1 aliphatic heterocycles. The molecule has 0 saturated carbocycles. The van der Waals surface area contributed by atoms with Crippen LogP contribution in [0.5, 0.6) is 0 Å². The van der Waals surface area contributed by atoms with E-state index in [2.05, 4.69) is 18.3 Å². The Bertz CT molecular complexity index is 577. The molecule has 3 rings (SSSR count). The van der Waals surface area contributed by atoms with Gasteiger partial charge in [0.15, 0.2) is 0 Å². The topological polar surface area (TPSA) is 49.4 Å². The average Bonchev–Trinajstić information content (AvgIpc) is 3.01. The van der Waals surface area contributed by atoms with Gasteiger partial charge in [-0.1, -0.05) is 19.8 Å². The van der Waals surface area contributed by atoms with Crippen molar-refractivity contribution >= 4 is 23.2 Å². The lowest BCUT2D eigenvalue weighted by molar-refractivity contribution is -0.126. The van der Waals surface area contributed by atoms with E-state index in [-0.39, 0.29) is 17.7 Å². The van der Waals surface area contributed by atoms with Gasteiger partial charge < -0.3 is 10.2 Å². The second kappa shape index (κ2) is 8.84. The maximum Gasteiger partial charge on any atom is 0.263 e. The van der Waals surface area contributed by atoms with Crippen molar-refractivity contribution in [1.29, 1.82) is 0 Å². The van der Waals surface area contributed by atoms with Crippen LogP contribution in [0.1, 0.15) is 72.0 Å². The number of nitrogens with zero attached hydrogens (tertiary/aromatic N) is 1. The van der Waals surface area contributed by atoms with Crippen molar-refractivity contribution in [3.8, 4) is 0 Å². The minimum Gasteiger partial charge on any atom is -0.356 e. The number of aryl methyl sites for hydroxylation is 2. The molecule has 1 saturated heterocycles. The van der Waals surface area contributed by atoms with E-state index in [0.717, 1.165) is 43.5 Å². The zero-order valence-corrected chi connectivity index (χ0v) is 16.1. The van der Waals surface area contributed by atoms with E-state index in [1.165, 1.54) is 36.1 Å². The van der Waals surface area contributed by atoms with E-state index in [4.69, 9.17) is 0 Å². The van der Waals surface area contributed by atoms with Gasteiger partial charge in [-0.05, 0) is 56.6 Å². The van der Waals surface area contributed by atoms with Crippen molar-refractivity contribution < 1.29 is 9.59 Å². The number of nitrogens with one attached hydrogen (secondary N) is 1. The second-order valence-electron chi connectivity index (χ2n) is 7.33. The molecule has 0 bridgehead atoms. The molecular weight excluding hydrogens is 332 g/mol. The normalized spacial score (nSPS) is 19.0. The quantitative estimate of drug-likeness (QED) is 0.886. The summed E-state index contributed by atoms with van der Waals surface area (Å²) in [6.45, 7) is 4.21. The van der Waals surface area contributed by atoms with Crippen LogP contribution in [0.3, 0.4) is 0 Å². The van der Waals surface area contributed by atoms with Crippen LogP contribution in [0.2, 0.25) is 0 Å². The fraction of sp³-hybridized carbons (Fsp3) is 0.700. The summed E-state index contributed by atoms with van der Waals surface area (Å²) >= 11 is 1.71. The molecule has 25 heavy (non-hydrogen) atoms. The predicted molar refractivity (Wildman–Crippen MR) is 102 cm³/mol. The summed E-state index contributed by atoms with van der Waals surface area (Å²) in [6.07, 6.45) is 9.91. The van der Waals surface area contributed by atoms with Gasteiger partial charge in [0, 0.05) is 30.4 Å². The molecule has 138 valence electrons. The van der Waals surface area contributed by atoms with E-state index >= 15 is 0 Å². The predicted octanol–water partition coefficient (Wildman–Crippen LogP) is 3.79. The summed E-state index contributed by atoms with van der Waals surface area (Å²) in [5.74, 6) is 0.399. The first-order valence-corrected chi connectivity index (χ1v) is 10.7. The standard InChI is InChI=1S/C20H30N2O2S/c1-2-11-21-19(23)15-9-12-22(13-10-15)20(24)18-14-16-7-5-3-4-6-8-17(16)25-18/h14-15H,2-13H2,1H3,(H,21,23). The van der Waals surface area contributed by atoms with Gasteiger partial charge >= 0.3 is 0 Å². The minimum absolute atomic E-state index is 0.0687. The van der Waals surface area contributed by atoms with Gasteiger partial charge in [0.2, 0.25) is 5.91 Å². The van der Waals surface area contributed by atoms with E-state index in [1.54, 1.807) is 11.3 Å². The number of thiophene rings is 1. The molecular formula is C20H30N2O2S. The van der Waals surface area contributed by atoms with Crippen LogP contribution in [0.4, 0.5) is 0 Å². The SMILES string of the molecule is CCCNC(=O)C1CCN(C(=O)c2cc3c(s2)CCCCCC3)CC1. The fourth-order valence-corrected chi connectivity index (χ4v) is 5.06. The van der Waals surface area contributed by atoms with Crippen molar-refractivity contribution in [3.05, 3.63) is 21.4 Å². The van der Waals surface area contributed by atoms with E-state index in [0.29, 0.717) is 13.1 Å². The molecule has 0 unspecified atom stereocenters. The van der Waals surface area contributed by atoms with E-state index < -0.39 is 0 Å². The first kappa shape index (κ1) is 18.4. The Labute approximate surface area is 155 Å². The van der Waals surface area contributed by atoms with Gasteiger partial charge in [-0.2, -0.15) is 0 Å². The van der Waals surface area contributed by atoms with Gasteiger partial charge in [-0.3, -0.25) is 9.59 Å². The summed E-state index contributed by atoms with van der Waals surface area (Å²) in [7, 11) is 0. The molecule has 0 aromatic carbocycles. The Balaban J connectivity index is 1.57. The van der Waals surface area contributed by atoms with Gasteiger partial charge in [-0.25, -0.2) is 0 Å². The molecule has 2 aliphatic rings. The molecule has 0 atom stereocenters. The van der Waals surface area contributed by atoms with Crippen LogP contribution in [0.25, 0.3) is 0 Å². The van der Waals surface area contributed by atoms with Crippen LogP contribution in [0, 0.1) is 5.92 Å². The van der Waals surface area contributed by atoms with Gasteiger partial charge in [0.25, 0.3) is 5.91 Å². The van der Waals surface area contributed by atoms with E-state index in [9.17, 15) is 9.59 Å². The summed E-state index contributed by atoms with van der Waals surface area (Å²) in [4.78, 5) is 29.2. The maximum absolute atomic E-state index is 12.9. The van der Waals surface area contributed by atoms with Crippen molar-refractivity contribution in [2.45, 2.75) is 64.7 Å². The summed E-state index contributed by atoms with van der Waals surface area (Å²) < 4.78 is 0. The Morgan fingerprint density at radius 1 is 1.16 bits per heavy atom. The first-order chi connectivity index (χ1) is 12.2. The molecule has 1 fully saturated rings. The zero-order chi connectivity index (χ0) is 17.6. The number of likely N-dealkylation sites (tertiary alicyclic amines) is 1. The summed E-state index contributed by atoms with van der Waals surface area (Å²) in [5, 5.41) is 2.98. The Morgan fingerprint density at radius 2 is 1.88 bits per heavy atom. The van der Waals surface area contributed by atoms with E-state index in [1.807, 2.05) is 4.90 Å². The fourth-order valence-electron chi connectivity index (χ4n) is 3.84. The molecule has 1 aromatic rings. The van der Waals surface area contributed by atoms with Crippen LogP contribution in [-0.4, -0.2) is 36.3 Å². The highest BCUT2D eigenvalue weighted by molar-refractivity contribution is 7.14. The molecule has 5 heteroatoms. The number of carbonyl (C=O) groups is 2. The average molecular weight is 363 g/mol. The number of fused-ring (bicyclic) bond motifs is 1. The number of piperidine rings is 1. The van der Waals surface area contributed by atoms with Gasteiger partial charge in [0.05, 0.1) is 4.88 Å². The van der Waals surface area contributed by atoms with Gasteiger partial charge in [-0.15, -0.1) is 11.3 Å². The monoisotopic (exact) mass is 362 g/mol. The van der Waals surface area contributed by atoms with Gasteiger partial charge in [0.1, 0.15) is 0 Å². The number of hydrogen-bond acceptors (Lipinski definition) is 3. The first-order valence-electron chi connectivity index (χ1n) is 9.87. The maximum atomic E-state index is 12.9. The lowest BCUT2D eigenvalue weighted by Crippen LogP contribution is -2.43. The third-order valence-corrected chi connectivity index (χ3v) is 6.63. The highest BCUT2D eigenvalue weighted by Gasteiger charge is 2.28. The largest absolute Gasteiger partial charge is 0.356 e. The highest BCUT2D eigenvalue weighted by Crippen LogP contribution is 2.30. The van der Waals surface area contributed by atoms with Crippen LogP contribution in [-0.2, 0) is 17.6 Å². The van der Waals surface area contributed by atoms with Crippen molar-refractivity contribution in [2.75, 3.05) is 19.6 Å². The number of carbonyl (C=O) groups excluding carboxylic acids is 2. The lowest BCUT2D eigenvalue weighted by atomic mass is 9.95. The van der Waals surface area contributed by atoms with Crippen molar-refractivity contribution in [3.63, 3.8) is 0 Å². The Kier molecular flexibility index (Phi) is 6.51. The molecule has 1 N–H and O–H groups in total. The van der Waals surface area contributed by atoms with Crippen LogP contribution < -0.4 is 5.32 Å². The third-order valence-electron chi connectivity index (χ3n) is 5.41. The molecule has 4 nitrogen and oxygen atoms in total. The number of amides is 2. The minimum atomic E-state index is 0.0687. The molecule has 2 amide bonds. The number of hydrogen-bond donors (Lipinski definition) is 1. The highest BCUT2D eigenvalue weighted by atomic mass is 32.1. The second-order valence-corrected chi connectivity index (χ2v) is 8.47. The number of rotatable bonds is 4. The molecule has 0 radical (unpaired) electrons. The lowest BCUT2D eigenvalue weighted by Gasteiger charge is -2.31. The van der Waals surface area contributed by atoms with Crippen LogP contribution in [0.15, 0.2) is 6.07 Å². The smallest absolute Gasteiger partial charge is 0.263 e. The van der Waals surface area contributed by atoms with Crippen molar-refractivity contribution in [2.24, 2.45) is 5.92 Å². The van der Waals surface area contributed by atoms with Crippen molar-refractivity contribution in [1.82, 2.24) is 10.2 Å². The Morgan fingerprint density at radius 3 is 2.60 bits per heavy atom. The molecule has 2 heterocycles.